The van der Waals surface area contributed by atoms with E-state index in [1.54, 1.807) is 7.05 Å². The molecule has 0 fully saturated rings. The van der Waals surface area contributed by atoms with Crippen molar-refractivity contribution >= 4 is 10.0 Å². The molecule has 4 nitrogen and oxygen atoms in total. The zero-order valence-electron chi connectivity index (χ0n) is 10.9. The monoisotopic (exact) mass is 266 g/mol. The molecule has 18 heavy (non-hydrogen) atoms. The second kappa shape index (κ2) is 5.98. The fourth-order valence-corrected chi connectivity index (χ4v) is 3.10. The van der Waals surface area contributed by atoms with E-state index in [0.717, 1.165) is 12.8 Å². The van der Waals surface area contributed by atoms with Crippen LogP contribution >= 0.6 is 0 Å². The van der Waals surface area contributed by atoms with Crippen molar-refractivity contribution in [2.45, 2.75) is 37.6 Å². The molecular formula is C13H18N2O2S. The molecule has 1 atom stereocenters. The highest BCUT2D eigenvalue weighted by atomic mass is 32.2. The van der Waals surface area contributed by atoms with Crippen molar-refractivity contribution in [3.05, 3.63) is 29.8 Å². The molecule has 0 radical (unpaired) electrons. The van der Waals surface area contributed by atoms with Gasteiger partial charge in [-0.25, -0.2) is 8.42 Å². The summed E-state index contributed by atoms with van der Waals surface area (Å²) in [4.78, 5) is 0.229. The fourth-order valence-electron chi connectivity index (χ4n) is 1.70. The van der Waals surface area contributed by atoms with Crippen molar-refractivity contribution < 1.29 is 8.42 Å². The molecule has 0 amide bonds. The summed E-state index contributed by atoms with van der Waals surface area (Å²) >= 11 is 0. The van der Waals surface area contributed by atoms with Crippen molar-refractivity contribution in [3.8, 4) is 6.07 Å². The molecule has 98 valence electrons. The highest BCUT2D eigenvalue weighted by molar-refractivity contribution is 7.89. The summed E-state index contributed by atoms with van der Waals surface area (Å²) in [7, 11) is -1.87. The molecule has 0 saturated heterocycles. The lowest BCUT2D eigenvalue weighted by Crippen LogP contribution is -2.34. The van der Waals surface area contributed by atoms with E-state index in [9.17, 15) is 8.42 Å². The smallest absolute Gasteiger partial charge is 0.207 e. The predicted molar refractivity (Wildman–Crippen MR) is 70.5 cm³/mol. The van der Waals surface area contributed by atoms with Gasteiger partial charge in [-0.3, -0.25) is 0 Å². The van der Waals surface area contributed by atoms with Gasteiger partial charge >= 0.3 is 0 Å². The highest BCUT2D eigenvalue weighted by Gasteiger charge is 2.24. The van der Waals surface area contributed by atoms with E-state index in [-0.39, 0.29) is 10.9 Å². The third kappa shape index (κ3) is 3.09. The van der Waals surface area contributed by atoms with Gasteiger partial charge in [0.25, 0.3) is 0 Å². The summed E-state index contributed by atoms with van der Waals surface area (Å²) in [6.07, 6.45) is 1.76. The number of nitrogens with zero attached hydrogens (tertiary/aromatic N) is 2. The number of benzene rings is 1. The van der Waals surface area contributed by atoms with Crippen LogP contribution < -0.4 is 0 Å². The van der Waals surface area contributed by atoms with Gasteiger partial charge in [-0.2, -0.15) is 9.57 Å². The van der Waals surface area contributed by atoms with Gasteiger partial charge in [0, 0.05) is 13.1 Å². The number of sulfonamides is 1. The molecule has 0 aliphatic heterocycles. The molecule has 1 aromatic rings. The van der Waals surface area contributed by atoms with E-state index in [1.165, 1.54) is 28.6 Å². The van der Waals surface area contributed by atoms with Crippen LogP contribution in [0.5, 0.6) is 0 Å². The van der Waals surface area contributed by atoms with E-state index in [4.69, 9.17) is 5.26 Å². The zero-order chi connectivity index (χ0) is 13.8. The molecule has 1 unspecified atom stereocenters. The lowest BCUT2D eigenvalue weighted by atomic mass is 10.2. The van der Waals surface area contributed by atoms with Crippen molar-refractivity contribution in [2.24, 2.45) is 0 Å². The fraction of sp³-hybridized carbons (Fsp3) is 0.462. The van der Waals surface area contributed by atoms with Crippen LogP contribution in [0, 0.1) is 11.3 Å². The number of nitriles is 1. The maximum absolute atomic E-state index is 12.3. The molecule has 0 spiro atoms. The van der Waals surface area contributed by atoms with Gasteiger partial charge in [0.1, 0.15) is 0 Å². The number of hydrogen-bond donors (Lipinski definition) is 0. The van der Waals surface area contributed by atoms with Crippen LogP contribution in [0.25, 0.3) is 0 Å². The predicted octanol–water partition coefficient (Wildman–Crippen LogP) is 2.37. The first-order valence-corrected chi connectivity index (χ1v) is 7.35. The summed E-state index contributed by atoms with van der Waals surface area (Å²) in [5.41, 5.74) is 0.457. The quantitative estimate of drug-likeness (QED) is 0.822. The Hall–Kier alpha value is -1.38. The first-order chi connectivity index (χ1) is 8.43. The molecule has 0 saturated carbocycles. The molecule has 0 heterocycles. The normalized spacial score (nSPS) is 13.3. The Kier molecular flexibility index (Phi) is 4.88. The summed E-state index contributed by atoms with van der Waals surface area (Å²) in [6.45, 7) is 3.92. The maximum Gasteiger partial charge on any atom is 0.243 e. The first-order valence-electron chi connectivity index (χ1n) is 5.91. The molecule has 0 aromatic heterocycles. The van der Waals surface area contributed by atoms with Crippen molar-refractivity contribution in [2.75, 3.05) is 7.05 Å². The maximum atomic E-state index is 12.3. The van der Waals surface area contributed by atoms with Gasteiger partial charge in [0.2, 0.25) is 10.0 Å². The Labute approximate surface area is 109 Å². The number of hydrogen-bond acceptors (Lipinski definition) is 3. The summed E-state index contributed by atoms with van der Waals surface area (Å²) in [6, 6.07) is 7.93. The topological polar surface area (TPSA) is 61.2 Å². The zero-order valence-corrected chi connectivity index (χ0v) is 11.7. The van der Waals surface area contributed by atoms with E-state index in [1.807, 2.05) is 19.9 Å². The first kappa shape index (κ1) is 14.7. The summed E-state index contributed by atoms with van der Waals surface area (Å²) in [5.74, 6) is 0. The van der Waals surface area contributed by atoms with Gasteiger partial charge in [-0.05, 0) is 37.6 Å². The van der Waals surface area contributed by atoms with Crippen molar-refractivity contribution in [1.82, 2.24) is 4.31 Å². The number of rotatable bonds is 5. The van der Waals surface area contributed by atoms with E-state index in [0.29, 0.717) is 5.56 Å². The van der Waals surface area contributed by atoms with Crippen LogP contribution in [-0.4, -0.2) is 25.8 Å². The Balaban J connectivity index is 3.02. The van der Waals surface area contributed by atoms with Crippen LogP contribution in [0.15, 0.2) is 29.2 Å². The van der Waals surface area contributed by atoms with Gasteiger partial charge in [-0.15, -0.1) is 0 Å². The SMILES string of the molecule is CCCC(C)N(C)S(=O)(=O)c1ccc(C#N)cc1. The molecule has 0 bridgehead atoms. The van der Waals surface area contributed by atoms with Crippen molar-refractivity contribution in [3.63, 3.8) is 0 Å². The minimum atomic E-state index is -3.46. The van der Waals surface area contributed by atoms with Crippen LogP contribution in [0.1, 0.15) is 32.3 Å². The van der Waals surface area contributed by atoms with Crippen molar-refractivity contribution in [1.29, 1.82) is 5.26 Å². The van der Waals surface area contributed by atoms with E-state index >= 15 is 0 Å². The van der Waals surface area contributed by atoms with Gasteiger partial charge in [-0.1, -0.05) is 13.3 Å². The van der Waals surface area contributed by atoms with Gasteiger partial charge in [0.05, 0.1) is 16.5 Å². The average molecular weight is 266 g/mol. The van der Waals surface area contributed by atoms with Crippen LogP contribution in [-0.2, 0) is 10.0 Å². The van der Waals surface area contributed by atoms with E-state index in [2.05, 4.69) is 0 Å². The average Bonchev–Trinajstić information content (AvgIpc) is 2.38. The minimum Gasteiger partial charge on any atom is -0.207 e. The second-order valence-electron chi connectivity index (χ2n) is 4.30. The molecular weight excluding hydrogens is 248 g/mol. The second-order valence-corrected chi connectivity index (χ2v) is 6.29. The molecule has 0 aliphatic carbocycles. The molecule has 1 rings (SSSR count). The molecule has 1 aromatic carbocycles. The third-order valence-corrected chi connectivity index (χ3v) is 4.97. The lowest BCUT2D eigenvalue weighted by Gasteiger charge is -2.23. The Morgan fingerprint density at radius 2 is 1.89 bits per heavy atom. The summed E-state index contributed by atoms with van der Waals surface area (Å²) in [5, 5.41) is 8.69. The highest BCUT2D eigenvalue weighted by Crippen LogP contribution is 2.18. The Morgan fingerprint density at radius 3 is 2.33 bits per heavy atom. The van der Waals surface area contributed by atoms with Crippen LogP contribution in [0.2, 0.25) is 0 Å². The Morgan fingerprint density at radius 1 is 1.33 bits per heavy atom. The largest absolute Gasteiger partial charge is 0.243 e. The minimum absolute atomic E-state index is 0.0318. The standard InChI is InChI=1S/C13H18N2O2S/c1-4-5-11(2)15(3)18(16,17)13-8-6-12(10-14)7-9-13/h6-9,11H,4-5H2,1-3H3. The van der Waals surface area contributed by atoms with E-state index < -0.39 is 10.0 Å². The molecule has 5 heteroatoms. The summed E-state index contributed by atoms with van der Waals surface area (Å²) < 4.78 is 26.0. The third-order valence-electron chi connectivity index (χ3n) is 2.99. The van der Waals surface area contributed by atoms with Crippen LogP contribution in [0.3, 0.4) is 0 Å². The van der Waals surface area contributed by atoms with Gasteiger partial charge in [0.15, 0.2) is 0 Å². The molecule has 0 aliphatic rings. The van der Waals surface area contributed by atoms with Crippen LogP contribution in [0.4, 0.5) is 0 Å². The van der Waals surface area contributed by atoms with Gasteiger partial charge < -0.3 is 0 Å². The Bertz CT molecular complexity index is 529. The lowest BCUT2D eigenvalue weighted by molar-refractivity contribution is 0.369. The molecule has 0 N–H and O–H groups in total.